The van der Waals surface area contributed by atoms with E-state index in [2.05, 4.69) is 11.9 Å². The molecule has 0 radical (unpaired) electrons. The average Bonchev–Trinajstić information content (AvgIpc) is 2.37. The zero-order chi connectivity index (χ0) is 10.1. The van der Waals surface area contributed by atoms with Crippen LogP contribution < -0.4 is 0 Å². The third kappa shape index (κ3) is 1.50. The van der Waals surface area contributed by atoms with Crippen molar-refractivity contribution in [3.63, 3.8) is 0 Å². The second-order valence-electron chi connectivity index (χ2n) is 3.79. The second-order valence-corrected chi connectivity index (χ2v) is 3.79. The Hall–Kier alpha value is -1.38. The smallest absolute Gasteiger partial charge is 0.142 e. The van der Waals surface area contributed by atoms with Gasteiger partial charge in [-0.15, -0.1) is 0 Å². The number of aliphatic hydroxyl groups excluding tert-OH is 1. The maximum absolute atomic E-state index is 9.53. The van der Waals surface area contributed by atoms with Gasteiger partial charge in [-0.25, -0.2) is 0 Å². The molecule has 1 aliphatic carbocycles. The molecule has 1 unspecified atom stereocenters. The van der Waals surface area contributed by atoms with Gasteiger partial charge in [0.1, 0.15) is 5.76 Å². The van der Waals surface area contributed by atoms with Crippen LogP contribution in [0.25, 0.3) is 0 Å². The minimum absolute atomic E-state index is 0.0347. The van der Waals surface area contributed by atoms with E-state index in [0.29, 0.717) is 0 Å². The summed E-state index contributed by atoms with van der Waals surface area (Å²) >= 11 is 0. The van der Waals surface area contributed by atoms with Crippen LogP contribution >= 0.6 is 0 Å². The molecule has 0 aromatic rings. The summed E-state index contributed by atoms with van der Waals surface area (Å²) in [7, 11) is 0. The fourth-order valence-electron chi connectivity index (χ4n) is 1.88. The van der Waals surface area contributed by atoms with Gasteiger partial charge in [0.2, 0.25) is 0 Å². The molecule has 3 nitrogen and oxygen atoms in total. The van der Waals surface area contributed by atoms with Crippen LogP contribution in [0.15, 0.2) is 28.5 Å². The highest BCUT2D eigenvalue weighted by Gasteiger charge is 2.21. The zero-order valence-electron chi connectivity index (χ0n) is 8.25. The number of aliphatic imine (C=N–C) groups is 1. The molecule has 0 aromatic carbocycles. The van der Waals surface area contributed by atoms with Gasteiger partial charge in [-0.05, 0) is 18.9 Å². The number of aliphatic hydroxyl groups is 1. The minimum atomic E-state index is 0.0347. The molecule has 2 aliphatic rings. The molecule has 74 valence electrons. The van der Waals surface area contributed by atoms with Crippen molar-refractivity contribution in [3.8, 4) is 0 Å². The molecule has 0 saturated carbocycles. The van der Waals surface area contributed by atoms with Crippen molar-refractivity contribution in [1.29, 1.82) is 5.41 Å². The van der Waals surface area contributed by atoms with Crippen molar-refractivity contribution < 1.29 is 5.11 Å². The Labute approximate surface area is 83.4 Å². The third-order valence-electron chi connectivity index (χ3n) is 2.81. The summed E-state index contributed by atoms with van der Waals surface area (Å²) in [4.78, 5) is 4.41. The van der Waals surface area contributed by atoms with Crippen LogP contribution in [0.2, 0.25) is 0 Å². The summed E-state index contributed by atoms with van der Waals surface area (Å²) in [6.07, 6.45) is 5.44. The predicted molar refractivity (Wildman–Crippen MR) is 57.2 cm³/mol. The molecule has 1 atom stereocenters. The van der Waals surface area contributed by atoms with Crippen molar-refractivity contribution in [3.05, 3.63) is 23.5 Å². The molecule has 1 heterocycles. The van der Waals surface area contributed by atoms with Crippen molar-refractivity contribution >= 4 is 11.4 Å². The Kier molecular flexibility index (Phi) is 2.23. The van der Waals surface area contributed by atoms with Gasteiger partial charge in [0.15, 0.2) is 0 Å². The first-order chi connectivity index (χ1) is 6.68. The molecule has 2 rings (SSSR count). The fourth-order valence-corrected chi connectivity index (χ4v) is 1.88. The molecule has 0 aromatic heterocycles. The Balaban J connectivity index is 2.51. The van der Waals surface area contributed by atoms with Crippen molar-refractivity contribution in [2.75, 3.05) is 6.54 Å². The fraction of sp³-hybridized carbons (Fsp3) is 0.455. The van der Waals surface area contributed by atoms with Crippen molar-refractivity contribution in [1.82, 2.24) is 0 Å². The number of rotatable bonds is 0. The SMILES string of the molecule is CC1C2=CC(=N)C(O)=CC1=NCCC2. The van der Waals surface area contributed by atoms with Gasteiger partial charge in [-0.2, -0.15) is 0 Å². The quantitative estimate of drug-likeness (QED) is 0.604. The molecule has 1 aliphatic heterocycles. The van der Waals surface area contributed by atoms with Gasteiger partial charge in [0.25, 0.3) is 0 Å². The Morgan fingerprint density at radius 2 is 2.29 bits per heavy atom. The van der Waals surface area contributed by atoms with Gasteiger partial charge in [-0.3, -0.25) is 10.4 Å². The van der Waals surface area contributed by atoms with Crippen LogP contribution in [0, 0.1) is 11.3 Å². The molecule has 0 spiro atoms. The number of hydrogen-bond donors (Lipinski definition) is 2. The Bertz CT molecular complexity index is 363. The van der Waals surface area contributed by atoms with E-state index in [9.17, 15) is 5.11 Å². The Morgan fingerprint density at radius 1 is 1.50 bits per heavy atom. The van der Waals surface area contributed by atoms with Crippen LogP contribution in [0.3, 0.4) is 0 Å². The molecule has 3 heteroatoms. The van der Waals surface area contributed by atoms with Crippen LogP contribution in [0.1, 0.15) is 19.8 Å². The largest absolute Gasteiger partial charge is 0.506 e. The first kappa shape index (κ1) is 9.19. The number of nitrogens with one attached hydrogen (secondary N) is 1. The van der Waals surface area contributed by atoms with E-state index in [1.54, 1.807) is 12.2 Å². The number of allylic oxidation sites excluding steroid dienone is 3. The minimum Gasteiger partial charge on any atom is -0.506 e. The van der Waals surface area contributed by atoms with E-state index >= 15 is 0 Å². The van der Waals surface area contributed by atoms with Gasteiger partial charge in [-0.1, -0.05) is 12.5 Å². The number of hydrogen-bond acceptors (Lipinski definition) is 3. The molecule has 0 fully saturated rings. The lowest BCUT2D eigenvalue weighted by Crippen LogP contribution is -2.08. The molecule has 14 heavy (non-hydrogen) atoms. The van der Waals surface area contributed by atoms with Crippen LogP contribution in [0.4, 0.5) is 0 Å². The molecule has 0 amide bonds. The monoisotopic (exact) mass is 190 g/mol. The van der Waals surface area contributed by atoms with Crippen LogP contribution in [-0.2, 0) is 0 Å². The maximum Gasteiger partial charge on any atom is 0.142 e. The van der Waals surface area contributed by atoms with E-state index in [-0.39, 0.29) is 17.4 Å². The summed E-state index contributed by atoms with van der Waals surface area (Å²) < 4.78 is 0. The first-order valence-corrected chi connectivity index (χ1v) is 4.93. The molecule has 2 N–H and O–H groups in total. The highest BCUT2D eigenvalue weighted by molar-refractivity contribution is 6.13. The summed E-state index contributed by atoms with van der Waals surface area (Å²) in [5.41, 5.74) is 2.33. The lowest BCUT2D eigenvalue weighted by atomic mass is 9.94. The van der Waals surface area contributed by atoms with Gasteiger partial charge in [0, 0.05) is 24.3 Å². The van der Waals surface area contributed by atoms with Crippen molar-refractivity contribution in [2.24, 2.45) is 10.9 Å². The molecule has 2 bridgehead atoms. The third-order valence-corrected chi connectivity index (χ3v) is 2.81. The summed E-state index contributed by atoms with van der Waals surface area (Å²) in [5, 5.41) is 17.1. The summed E-state index contributed by atoms with van der Waals surface area (Å²) in [6, 6.07) is 0. The van der Waals surface area contributed by atoms with Crippen LogP contribution in [-0.4, -0.2) is 23.1 Å². The van der Waals surface area contributed by atoms with E-state index in [1.165, 1.54) is 5.57 Å². The predicted octanol–water partition coefficient (Wildman–Crippen LogP) is 2.26. The summed E-state index contributed by atoms with van der Waals surface area (Å²) in [6.45, 7) is 2.91. The van der Waals surface area contributed by atoms with Crippen LogP contribution in [0.5, 0.6) is 0 Å². The normalized spacial score (nSPS) is 27.1. The summed E-state index contributed by atoms with van der Waals surface area (Å²) in [5.74, 6) is 0.287. The van der Waals surface area contributed by atoms with Crippen molar-refractivity contribution in [2.45, 2.75) is 19.8 Å². The lowest BCUT2D eigenvalue weighted by Gasteiger charge is -2.10. The zero-order valence-corrected chi connectivity index (χ0v) is 8.25. The highest BCUT2D eigenvalue weighted by Crippen LogP contribution is 2.25. The van der Waals surface area contributed by atoms with E-state index in [1.807, 2.05) is 0 Å². The number of nitrogens with zero attached hydrogens (tertiary/aromatic N) is 1. The van der Waals surface area contributed by atoms with E-state index in [4.69, 9.17) is 5.41 Å². The topological polar surface area (TPSA) is 56.4 Å². The molecular weight excluding hydrogens is 176 g/mol. The molecule has 0 saturated heterocycles. The van der Waals surface area contributed by atoms with Gasteiger partial charge in [0.05, 0.1) is 5.71 Å². The lowest BCUT2D eigenvalue weighted by molar-refractivity contribution is 0.444. The second kappa shape index (κ2) is 3.40. The first-order valence-electron chi connectivity index (χ1n) is 4.93. The average molecular weight is 190 g/mol. The maximum atomic E-state index is 9.53. The Morgan fingerprint density at radius 3 is 3.07 bits per heavy atom. The standard InChI is InChI=1S/C11H14N2O/c1-7-8-3-2-4-13-10(7)6-11(14)9(12)5-8/h5-7,12,14H,2-4H2,1H3. The van der Waals surface area contributed by atoms with E-state index in [0.717, 1.165) is 25.1 Å². The number of fused-ring (bicyclic) bond motifs is 2. The van der Waals surface area contributed by atoms with Gasteiger partial charge >= 0.3 is 0 Å². The van der Waals surface area contributed by atoms with E-state index < -0.39 is 0 Å². The van der Waals surface area contributed by atoms with Gasteiger partial charge < -0.3 is 5.11 Å². The molecular formula is C11H14N2O. The highest BCUT2D eigenvalue weighted by atomic mass is 16.3.